The third-order valence-electron chi connectivity index (χ3n) is 2.77. The topological polar surface area (TPSA) is 103 Å². The molecule has 0 rings (SSSR count). The number of methoxy groups -OCH3 is 1. The molecule has 0 aliphatic rings. The van der Waals surface area contributed by atoms with Crippen LogP contribution in [-0.2, 0) is 23.8 Å². The number of rotatable bonds is 9. The van der Waals surface area contributed by atoms with Crippen molar-refractivity contribution < 1.29 is 33.4 Å². The third kappa shape index (κ3) is 13.9. The fraction of sp³-hybridized carbons (Fsp3) is 0.833. The highest BCUT2D eigenvalue weighted by atomic mass is 16.8. The summed E-state index contributed by atoms with van der Waals surface area (Å²) >= 11 is 0. The highest BCUT2D eigenvalue weighted by molar-refractivity contribution is 5.86. The van der Waals surface area contributed by atoms with Crippen LogP contribution in [0.1, 0.15) is 60.8 Å². The molecule has 9 heteroatoms. The first-order valence-electron chi connectivity index (χ1n) is 9.00. The first-order chi connectivity index (χ1) is 12.4. The molecule has 0 aliphatic carbocycles. The van der Waals surface area contributed by atoms with Gasteiger partial charge in [-0.1, -0.05) is 5.06 Å². The summed E-state index contributed by atoms with van der Waals surface area (Å²) in [6.07, 6.45) is -0.579. The van der Waals surface area contributed by atoms with Gasteiger partial charge >= 0.3 is 12.2 Å². The molecule has 0 aromatic heterocycles. The maximum Gasteiger partial charge on any atom is 0.444 e. The van der Waals surface area contributed by atoms with E-state index in [0.717, 1.165) is 0 Å². The lowest BCUT2D eigenvalue weighted by Gasteiger charge is -2.27. The van der Waals surface area contributed by atoms with E-state index >= 15 is 0 Å². The third-order valence-corrected chi connectivity index (χ3v) is 2.77. The molecule has 9 nitrogen and oxygen atoms in total. The molecular formula is C18H34N2O7. The molecule has 27 heavy (non-hydrogen) atoms. The summed E-state index contributed by atoms with van der Waals surface area (Å²) < 4.78 is 15.2. The second kappa shape index (κ2) is 11.8. The fourth-order valence-corrected chi connectivity index (χ4v) is 1.71. The van der Waals surface area contributed by atoms with Crippen molar-refractivity contribution in [3.8, 4) is 0 Å². The molecule has 0 saturated heterocycles. The van der Waals surface area contributed by atoms with Gasteiger partial charge in [-0.05, 0) is 54.4 Å². The average Bonchev–Trinajstić information content (AvgIpc) is 2.47. The number of nitrogens with one attached hydrogen (secondary N) is 1. The van der Waals surface area contributed by atoms with E-state index in [0.29, 0.717) is 37.5 Å². The maximum absolute atomic E-state index is 12.2. The summed E-state index contributed by atoms with van der Waals surface area (Å²) in [5.41, 5.74) is -1.58. The first kappa shape index (κ1) is 25.1. The Morgan fingerprint density at radius 2 is 1.37 bits per heavy atom. The largest absolute Gasteiger partial charge is 0.444 e. The minimum Gasteiger partial charge on any atom is -0.442 e. The highest BCUT2D eigenvalue weighted by Gasteiger charge is 2.32. The summed E-state index contributed by atoms with van der Waals surface area (Å²) in [7, 11) is 1.56. The van der Waals surface area contributed by atoms with Gasteiger partial charge in [0, 0.05) is 20.1 Å². The van der Waals surface area contributed by atoms with Crippen molar-refractivity contribution in [1.82, 2.24) is 10.4 Å². The van der Waals surface area contributed by atoms with Crippen LogP contribution >= 0.6 is 0 Å². The zero-order valence-corrected chi connectivity index (χ0v) is 17.5. The Morgan fingerprint density at radius 3 is 1.81 bits per heavy atom. The Bertz CT molecular complexity index is 453. The molecule has 1 N–H and O–H groups in total. The number of hydrogen-bond acceptors (Lipinski definition) is 7. The van der Waals surface area contributed by atoms with Crippen molar-refractivity contribution in [3.05, 3.63) is 0 Å². The Hall–Kier alpha value is -1.87. The molecule has 0 spiro atoms. The molecule has 0 heterocycles. The summed E-state index contributed by atoms with van der Waals surface area (Å²) in [4.78, 5) is 41.3. The normalized spacial score (nSPS) is 11.7. The Labute approximate surface area is 161 Å². The number of ether oxygens (including phenoxy) is 3. The Morgan fingerprint density at radius 1 is 0.852 bits per heavy atom. The molecule has 0 fully saturated rings. The van der Waals surface area contributed by atoms with E-state index in [-0.39, 0.29) is 12.5 Å². The highest BCUT2D eigenvalue weighted by Crippen LogP contribution is 2.15. The van der Waals surface area contributed by atoms with Crippen LogP contribution in [0.15, 0.2) is 0 Å². The molecule has 0 aliphatic heterocycles. The van der Waals surface area contributed by atoms with E-state index in [1.165, 1.54) is 0 Å². The number of nitrogens with zero attached hydrogens (tertiary/aromatic N) is 1. The average molecular weight is 390 g/mol. The van der Waals surface area contributed by atoms with Gasteiger partial charge in [-0.2, -0.15) is 0 Å². The molecular weight excluding hydrogens is 356 g/mol. The molecule has 0 aromatic carbocycles. The van der Waals surface area contributed by atoms with Crippen molar-refractivity contribution in [2.24, 2.45) is 0 Å². The first-order valence-corrected chi connectivity index (χ1v) is 9.00. The van der Waals surface area contributed by atoms with Gasteiger partial charge in [0.05, 0.1) is 13.2 Å². The van der Waals surface area contributed by atoms with Crippen LogP contribution in [0.3, 0.4) is 0 Å². The minimum absolute atomic E-state index is 0.0594. The monoisotopic (exact) mass is 390 g/mol. The second-order valence-electron chi connectivity index (χ2n) is 7.89. The van der Waals surface area contributed by atoms with E-state index in [9.17, 15) is 14.4 Å². The van der Waals surface area contributed by atoms with Crippen LogP contribution in [0.2, 0.25) is 0 Å². The van der Waals surface area contributed by atoms with E-state index in [4.69, 9.17) is 19.0 Å². The van der Waals surface area contributed by atoms with Gasteiger partial charge in [0.25, 0.3) is 0 Å². The Kier molecular flexibility index (Phi) is 10.9. The molecule has 3 amide bonds. The molecule has 0 saturated carbocycles. The number of amides is 3. The zero-order chi connectivity index (χ0) is 21.1. The van der Waals surface area contributed by atoms with Crippen molar-refractivity contribution in [2.75, 3.05) is 26.9 Å². The summed E-state index contributed by atoms with van der Waals surface area (Å²) in [6, 6.07) is 0. The number of hydroxylamine groups is 2. The molecule has 0 aromatic rings. The molecule has 0 atom stereocenters. The smallest absolute Gasteiger partial charge is 0.442 e. The molecule has 0 radical (unpaired) electrons. The van der Waals surface area contributed by atoms with Crippen LogP contribution < -0.4 is 5.32 Å². The SMILES string of the molecule is COCCNC(=O)CCCCON(C(=O)OC(C)(C)C)C(=O)OC(C)(C)C. The standard InChI is InChI=1S/C18H34N2O7/c1-17(2,3)26-15(22)20(16(23)27-18(4,5)6)25-12-9-8-10-14(21)19-11-13-24-7/h8-13H2,1-7H3,(H,19,21). The molecule has 158 valence electrons. The number of carbonyl (C=O) groups excluding carboxylic acids is 3. The maximum atomic E-state index is 12.2. The number of carbonyl (C=O) groups is 3. The van der Waals surface area contributed by atoms with Crippen molar-refractivity contribution >= 4 is 18.1 Å². The van der Waals surface area contributed by atoms with Gasteiger partial charge in [0.15, 0.2) is 0 Å². The minimum atomic E-state index is -0.950. The van der Waals surface area contributed by atoms with Gasteiger partial charge in [-0.15, -0.1) is 0 Å². The number of hydrogen-bond donors (Lipinski definition) is 1. The molecule has 0 unspecified atom stereocenters. The van der Waals surface area contributed by atoms with Crippen molar-refractivity contribution in [1.29, 1.82) is 0 Å². The lowest BCUT2D eigenvalue weighted by Crippen LogP contribution is -2.43. The number of imide groups is 1. The van der Waals surface area contributed by atoms with Crippen LogP contribution in [0.5, 0.6) is 0 Å². The lowest BCUT2D eigenvalue weighted by molar-refractivity contribution is -0.139. The van der Waals surface area contributed by atoms with Gasteiger partial charge < -0.3 is 19.5 Å². The predicted molar refractivity (Wildman–Crippen MR) is 99.0 cm³/mol. The zero-order valence-electron chi connectivity index (χ0n) is 17.5. The van der Waals surface area contributed by atoms with Gasteiger partial charge in [-0.3, -0.25) is 9.63 Å². The summed E-state index contributed by atoms with van der Waals surface area (Å²) in [5.74, 6) is -0.0943. The quantitative estimate of drug-likeness (QED) is 0.477. The van der Waals surface area contributed by atoms with Crippen molar-refractivity contribution in [2.45, 2.75) is 72.0 Å². The van der Waals surface area contributed by atoms with Crippen molar-refractivity contribution in [3.63, 3.8) is 0 Å². The van der Waals surface area contributed by atoms with Gasteiger partial charge in [0.1, 0.15) is 11.2 Å². The van der Waals surface area contributed by atoms with E-state index in [1.807, 2.05) is 0 Å². The van der Waals surface area contributed by atoms with Crippen LogP contribution in [0.4, 0.5) is 9.59 Å². The fourth-order valence-electron chi connectivity index (χ4n) is 1.71. The van der Waals surface area contributed by atoms with Crippen LogP contribution in [0, 0.1) is 0 Å². The van der Waals surface area contributed by atoms with Crippen LogP contribution in [-0.4, -0.2) is 61.2 Å². The predicted octanol–water partition coefficient (Wildman–Crippen LogP) is 3.02. The van der Waals surface area contributed by atoms with Crippen LogP contribution in [0.25, 0.3) is 0 Å². The van der Waals surface area contributed by atoms with E-state index in [2.05, 4.69) is 5.32 Å². The van der Waals surface area contributed by atoms with Gasteiger partial charge in [0.2, 0.25) is 5.91 Å². The molecule has 0 bridgehead atoms. The number of unbranched alkanes of at least 4 members (excludes halogenated alkanes) is 1. The summed E-state index contributed by atoms with van der Waals surface area (Å²) in [5, 5.41) is 3.19. The second-order valence-corrected chi connectivity index (χ2v) is 7.89. The Balaban J connectivity index is 4.49. The lowest BCUT2D eigenvalue weighted by atomic mass is 10.2. The van der Waals surface area contributed by atoms with Gasteiger partial charge in [-0.25, -0.2) is 9.59 Å². The van der Waals surface area contributed by atoms with E-state index in [1.54, 1.807) is 48.7 Å². The summed E-state index contributed by atoms with van der Waals surface area (Å²) in [6.45, 7) is 11.1. The van der Waals surface area contributed by atoms with E-state index < -0.39 is 23.4 Å².